The molecule has 1 aliphatic heterocycles. The molecule has 1 aliphatic rings. The number of aryl methyl sites for hydroxylation is 1. The predicted octanol–water partition coefficient (Wildman–Crippen LogP) is 3.88. The molecule has 1 atom stereocenters. The van der Waals surface area contributed by atoms with E-state index < -0.39 is 0 Å². The summed E-state index contributed by atoms with van der Waals surface area (Å²) in [5.74, 6) is 0.972. The summed E-state index contributed by atoms with van der Waals surface area (Å²) in [4.78, 5) is 15.1. The van der Waals surface area contributed by atoms with Crippen LogP contribution in [0.25, 0.3) is 11.0 Å². The minimum atomic E-state index is 0.0493. The van der Waals surface area contributed by atoms with Crippen LogP contribution in [0, 0.1) is 12.8 Å². The molecule has 0 radical (unpaired) electrons. The Labute approximate surface area is 168 Å². The summed E-state index contributed by atoms with van der Waals surface area (Å²) in [5, 5.41) is 4.20. The van der Waals surface area contributed by atoms with Crippen LogP contribution in [-0.4, -0.2) is 49.7 Å². The van der Waals surface area contributed by atoms with Gasteiger partial charge in [0, 0.05) is 36.6 Å². The Hall–Kier alpha value is -1.85. The first-order valence-electron chi connectivity index (χ1n) is 10.5. The van der Waals surface area contributed by atoms with Crippen LogP contribution in [0.2, 0.25) is 0 Å². The van der Waals surface area contributed by atoms with Crippen molar-refractivity contribution < 1.29 is 13.9 Å². The average Bonchev–Trinajstić information content (AvgIpc) is 3.03. The summed E-state index contributed by atoms with van der Waals surface area (Å²) >= 11 is 0. The van der Waals surface area contributed by atoms with E-state index in [-0.39, 0.29) is 5.91 Å². The van der Waals surface area contributed by atoms with E-state index in [2.05, 4.69) is 57.0 Å². The number of hydrogen-bond donors (Lipinski definition) is 1. The van der Waals surface area contributed by atoms with Crippen molar-refractivity contribution in [3.63, 3.8) is 0 Å². The molecule has 1 aromatic heterocycles. The zero-order valence-electron chi connectivity index (χ0n) is 17.9. The number of fused-ring (bicyclic) bond motifs is 1. The third kappa shape index (κ3) is 4.76. The van der Waals surface area contributed by atoms with E-state index in [0.29, 0.717) is 30.8 Å². The summed E-state index contributed by atoms with van der Waals surface area (Å²) in [6.07, 6.45) is 2.08. The maximum atomic E-state index is 12.7. The van der Waals surface area contributed by atoms with Crippen molar-refractivity contribution >= 4 is 16.9 Å². The zero-order valence-corrected chi connectivity index (χ0v) is 17.9. The molecule has 1 unspecified atom stereocenters. The summed E-state index contributed by atoms with van der Waals surface area (Å²) in [6, 6.07) is 4.61. The van der Waals surface area contributed by atoms with Gasteiger partial charge >= 0.3 is 0 Å². The van der Waals surface area contributed by atoms with Gasteiger partial charge in [-0.05, 0) is 42.0 Å². The van der Waals surface area contributed by atoms with Crippen molar-refractivity contribution in [2.45, 2.75) is 53.0 Å². The van der Waals surface area contributed by atoms with Crippen LogP contribution >= 0.6 is 0 Å². The number of amides is 1. The number of carbonyl (C=O) groups is 1. The molecule has 0 saturated carbocycles. The Morgan fingerprint density at radius 1 is 1.18 bits per heavy atom. The van der Waals surface area contributed by atoms with E-state index in [1.54, 1.807) is 6.26 Å². The number of benzene rings is 1. The summed E-state index contributed by atoms with van der Waals surface area (Å²) < 4.78 is 11.2. The summed E-state index contributed by atoms with van der Waals surface area (Å²) in [6.45, 7) is 15.0. The van der Waals surface area contributed by atoms with Crippen molar-refractivity contribution in [2.24, 2.45) is 5.92 Å². The molecule has 0 aliphatic carbocycles. The maximum Gasteiger partial charge on any atom is 0.224 e. The monoisotopic (exact) mass is 386 g/mol. The van der Waals surface area contributed by atoms with Gasteiger partial charge < -0.3 is 14.5 Å². The number of carbonyl (C=O) groups excluding carboxylic acids is 1. The Morgan fingerprint density at radius 3 is 2.54 bits per heavy atom. The lowest BCUT2D eigenvalue weighted by Crippen LogP contribution is -2.51. The summed E-state index contributed by atoms with van der Waals surface area (Å²) in [5.41, 5.74) is 4.36. The quantitative estimate of drug-likeness (QED) is 0.785. The number of nitrogens with zero attached hydrogens (tertiary/aromatic N) is 1. The molecule has 1 amide bonds. The molecular weight excluding hydrogens is 352 g/mol. The molecule has 3 rings (SSSR count). The van der Waals surface area contributed by atoms with Crippen LogP contribution in [0.3, 0.4) is 0 Å². The molecule has 0 bridgehead atoms. The van der Waals surface area contributed by atoms with Crippen LogP contribution in [-0.2, 0) is 16.0 Å². The molecular formula is C23H34N2O3. The zero-order chi connectivity index (χ0) is 20.3. The SMILES string of the molecule is Cc1cc2occ(CC(=O)NCC(C(C)C)N3CCOCC3)c2cc1C(C)C. The molecule has 1 aromatic carbocycles. The molecule has 1 fully saturated rings. The first-order valence-corrected chi connectivity index (χ1v) is 10.5. The van der Waals surface area contributed by atoms with Crippen molar-refractivity contribution in [1.29, 1.82) is 0 Å². The van der Waals surface area contributed by atoms with Crippen molar-refractivity contribution in [2.75, 3.05) is 32.8 Å². The lowest BCUT2D eigenvalue weighted by atomic mass is 9.95. The topological polar surface area (TPSA) is 54.7 Å². The van der Waals surface area contributed by atoms with Gasteiger partial charge in [0.05, 0.1) is 25.9 Å². The highest BCUT2D eigenvalue weighted by atomic mass is 16.5. The first-order chi connectivity index (χ1) is 13.4. The molecule has 2 heterocycles. The number of nitrogens with one attached hydrogen (secondary N) is 1. The van der Waals surface area contributed by atoms with Gasteiger partial charge in [-0.1, -0.05) is 27.7 Å². The van der Waals surface area contributed by atoms with E-state index in [4.69, 9.17) is 9.15 Å². The highest BCUT2D eigenvalue weighted by Crippen LogP contribution is 2.29. The van der Waals surface area contributed by atoms with Gasteiger partial charge in [-0.2, -0.15) is 0 Å². The fourth-order valence-electron chi connectivity index (χ4n) is 4.15. The smallest absolute Gasteiger partial charge is 0.224 e. The number of hydrogen-bond acceptors (Lipinski definition) is 4. The standard InChI is InChI=1S/C23H34N2O3/c1-15(2)19-12-20-18(14-28-22(20)10-17(19)5)11-23(26)24-13-21(16(3)4)25-6-8-27-9-7-25/h10,12,14-16,21H,6-9,11,13H2,1-5H3,(H,24,26). The minimum Gasteiger partial charge on any atom is -0.464 e. The van der Waals surface area contributed by atoms with Gasteiger partial charge in [-0.3, -0.25) is 9.69 Å². The number of rotatable bonds is 7. The van der Waals surface area contributed by atoms with Crippen LogP contribution in [0.1, 0.15) is 50.3 Å². The number of ether oxygens (including phenoxy) is 1. The summed E-state index contributed by atoms with van der Waals surface area (Å²) in [7, 11) is 0. The predicted molar refractivity (Wildman–Crippen MR) is 113 cm³/mol. The average molecular weight is 387 g/mol. The molecule has 1 saturated heterocycles. The molecule has 5 heteroatoms. The fourth-order valence-corrected chi connectivity index (χ4v) is 4.15. The Balaban J connectivity index is 1.66. The molecule has 2 aromatic rings. The molecule has 5 nitrogen and oxygen atoms in total. The molecule has 28 heavy (non-hydrogen) atoms. The van der Waals surface area contributed by atoms with E-state index in [9.17, 15) is 4.79 Å². The van der Waals surface area contributed by atoms with Gasteiger partial charge in [0.1, 0.15) is 5.58 Å². The van der Waals surface area contributed by atoms with Gasteiger partial charge in [0.25, 0.3) is 0 Å². The van der Waals surface area contributed by atoms with Gasteiger partial charge in [0.15, 0.2) is 0 Å². The van der Waals surface area contributed by atoms with E-state index in [1.807, 2.05) is 0 Å². The second kappa shape index (κ2) is 9.10. The highest BCUT2D eigenvalue weighted by Gasteiger charge is 2.24. The van der Waals surface area contributed by atoms with Crippen molar-refractivity contribution in [1.82, 2.24) is 10.2 Å². The lowest BCUT2D eigenvalue weighted by Gasteiger charge is -2.36. The van der Waals surface area contributed by atoms with Crippen LogP contribution in [0.4, 0.5) is 0 Å². The fraction of sp³-hybridized carbons (Fsp3) is 0.609. The van der Waals surface area contributed by atoms with Gasteiger partial charge in [-0.15, -0.1) is 0 Å². The molecule has 154 valence electrons. The highest BCUT2D eigenvalue weighted by molar-refractivity contribution is 5.88. The molecule has 1 N–H and O–H groups in total. The van der Waals surface area contributed by atoms with Crippen molar-refractivity contribution in [3.8, 4) is 0 Å². The Morgan fingerprint density at radius 2 is 1.89 bits per heavy atom. The van der Waals surface area contributed by atoms with Crippen LogP contribution < -0.4 is 5.32 Å². The van der Waals surface area contributed by atoms with Gasteiger partial charge in [-0.25, -0.2) is 0 Å². The second-order valence-electron chi connectivity index (χ2n) is 8.56. The number of morpholine rings is 1. The van der Waals surface area contributed by atoms with Crippen LogP contribution in [0.5, 0.6) is 0 Å². The van der Waals surface area contributed by atoms with Gasteiger partial charge in [0.2, 0.25) is 5.91 Å². The normalized spacial score (nSPS) is 16.8. The molecule has 0 spiro atoms. The third-order valence-electron chi connectivity index (χ3n) is 5.81. The van der Waals surface area contributed by atoms with Crippen LogP contribution in [0.15, 0.2) is 22.8 Å². The second-order valence-corrected chi connectivity index (χ2v) is 8.56. The Bertz CT molecular complexity index is 804. The van der Waals surface area contributed by atoms with E-state index in [1.165, 1.54) is 11.1 Å². The number of furan rings is 1. The Kier molecular flexibility index (Phi) is 6.78. The third-order valence-corrected chi connectivity index (χ3v) is 5.81. The van der Waals surface area contributed by atoms with Crippen molar-refractivity contribution in [3.05, 3.63) is 35.1 Å². The minimum absolute atomic E-state index is 0.0493. The van der Waals surface area contributed by atoms with E-state index >= 15 is 0 Å². The largest absolute Gasteiger partial charge is 0.464 e. The first kappa shape index (κ1) is 20.9. The lowest BCUT2D eigenvalue weighted by molar-refractivity contribution is -0.120. The maximum absolute atomic E-state index is 12.7. The van der Waals surface area contributed by atoms with E-state index in [0.717, 1.165) is 42.8 Å².